The maximum Gasteiger partial charge on any atom is 0.181 e. The van der Waals surface area contributed by atoms with Gasteiger partial charge in [-0.15, -0.1) is 0 Å². The van der Waals surface area contributed by atoms with Gasteiger partial charge >= 0.3 is 0 Å². The van der Waals surface area contributed by atoms with E-state index in [1.165, 1.54) is 12.8 Å². The Morgan fingerprint density at radius 2 is 2.08 bits per heavy atom. The Balaban J connectivity index is 2.00. The number of nitrogens with zero attached hydrogens (tertiary/aromatic N) is 3. The number of nitriles is 1. The minimum absolute atomic E-state index is 0.131. The Hall–Kier alpha value is -2.41. The molecule has 0 spiro atoms. The van der Waals surface area contributed by atoms with Crippen molar-refractivity contribution in [3.05, 3.63) is 40.6 Å². The van der Waals surface area contributed by atoms with Crippen LogP contribution in [0.2, 0.25) is 0 Å². The topological polar surface area (TPSA) is 58.7 Å². The summed E-state index contributed by atoms with van der Waals surface area (Å²) in [6, 6.07) is 8.06. The first-order valence-corrected chi connectivity index (χ1v) is 9.05. The summed E-state index contributed by atoms with van der Waals surface area (Å²) >= 11 is 0. The third-order valence-electron chi connectivity index (χ3n) is 5.00. The molecule has 1 aliphatic rings. The fourth-order valence-electron chi connectivity index (χ4n) is 3.30. The van der Waals surface area contributed by atoms with Crippen molar-refractivity contribution in [3.8, 4) is 17.3 Å². The fraction of sp³-hybridized carbons (Fsp3) is 0.476. The maximum atomic E-state index is 12.8. The molecule has 0 radical (unpaired) electrons. The molecule has 1 aliphatic carbocycles. The van der Waals surface area contributed by atoms with Crippen molar-refractivity contribution < 1.29 is 4.79 Å². The van der Waals surface area contributed by atoms with Crippen molar-refractivity contribution in [1.29, 1.82) is 5.26 Å². The highest BCUT2D eigenvalue weighted by Crippen LogP contribution is 2.35. The molecular weight excluding hydrogens is 310 g/mol. The van der Waals surface area contributed by atoms with Gasteiger partial charge in [0.15, 0.2) is 5.78 Å². The number of aryl methyl sites for hydroxylation is 1. The van der Waals surface area contributed by atoms with E-state index in [1.54, 1.807) is 0 Å². The molecule has 0 amide bonds. The lowest BCUT2D eigenvalue weighted by molar-refractivity contribution is 0.0965. The molecule has 0 unspecified atom stereocenters. The van der Waals surface area contributed by atoms with E-state index in [-0.39, 0.29) is 11.8 Å². The summed E-state index contributed by atoms with van der Waals surface area (Å²) in [7, 11) is 0. The molecule has 25 heavy (non-hydrogen) atoms. The van der Waals surface area contributed by atoms with Crippen molar-refractivity contribution in [2.24, 2.45) is 5.92 Å². The van der Waals surface area contributed by atoms with Gasteiger partial charge in [0.1, 0.15) is 5.69 Å². The number of rotatable bonds is 6. The minimum atomic E-state index is 0.131. The number of hydrogen-bond acceptors (Lipinski definition) is 3. The van der Waals surface area contributed by atoms with Crippen molar-refractivity contribution in [1.82, 2.24) is 9.78 Å². The molecule has 0 N–H and O–H groups in total. The van der Waals surface area contributed by atoms with Crippen LogP contribution in [-0.4, -0.2) is 15.6 Å². The van der Waals surface area contributed by atoms with E-state index >= 15 is 0 Å². The lowest BCUT2D eigenvalue weighted by Gasteiger charge is -2.10. The van der Waals surface area contributed by atoms with Crippen LogP contribution in [0.25, 0.3) is 11.3 Å². The molecule has 1 saturated carbocycles. The Morgan fingerprint density at radius 3 is 2.64 bits per heavy atom. The summed E-state index contributed by atoms with van der Waals surface area (Å²) in [4.78, 5) is 12.8. The first-order valence-electron chi connectivity index (χ1n) is 9.05. The van der Waals surface area contributed by atoms with Gasteiger partial charge in [-0.2, -0.15) is 10.4 Å². The summed E-state index contributed by atoms with van der Waals surface area (Å²) in [6.45, 7) is 8.02. The first-order chi connectivity index (χ1) is 11.9. The van der Waals surface area contributed by atoms with E-state index in [0.29, 0.717) is 12.0 Å². The molecule has 3 rings (SSSR count). The quantitative estimate of drug-likeness (QED) is 0.699. The molecule has 2 aromatic rings. The maximum absolute atomic E-state index is 12.8. The van der Waals surface area contributed by atoms with Crippen molar-refractivity contribution >= 4 is 5.78 Å². The van der Waals surface area contributed by atoms with Gasteiger partial charge in [0.25, 0.3) is 0 Å². The Morgan fingerprint density at radius 1 is 1.36 bits per heavy atom. The molecule has 1 fully saturated rings. The van der Waals surface area contributed by atoms with Crippen molar-refractivity contribution in [2.45, 2.75) is 59.4 Å². The van der Waals surface area contributed by atoms with E-state index in [1.807, 2.05) is 36.7 Å². The molecule has 1 heterocycles. The molecule has 130 valence electrons. The number of hydrogen-bond donors (Lipinski definition) is 0. The molecular formula is C21H25N3O. The monoisotopic (exact) mass is 335 g/mol. The number of ketones is 1. The smallest absolute Gasteiger partial charge is 0.181 e. The lowest BCUT2D eigenvalue weighted by atomic mass is 9.99. The van der Waals surface area contributed by atoms with Gasteiger partial charge in [0.05, 0.1) is 17.3 Å². The Bertz CT molecular complexity index is 851. The molecule has 0 bridgehead atoms. The Labute approximate surface area is 149 Å². The van der Waals surface area contributed by atoms with E-state index in [4.69, 9.17) is 10.4 Å². The molecule has 0 saturated heterocycles. The van der Waals surface area contributed by atoms with Crippen LogP contribution in [-0.2, 0) is 0 Å². The van der Waals surface area contributed by atoms with Gasteiger partial charge in [-0.1, -0.05) is 18.9 Å². The summed E-state index contributed by atoms with van der Waals surface area (Å²) in [6.07, 6.45) is 4.14. The zero-order valence-electron chi connectivity index (χ0n) is 15.5. The largest absolute Gasteiger partial charge is 0.292 e. The predicted octanol–water partition coefficient (Wildman–Crippen LogP) is 4.99. The fourth-order valence-corrected chi connectivity index (χ4v) is 3.30. The molecule has 0 aliphatic heterocycles. The van der Waals surface area contributed by atoms with Gasteiger partial charge in [-0.25, -0.2) is 0 Å². The van der Waals surface area contributed by atoms with E-state index in [2.05, 4.69) is 19.9 Å². The SMILES string of the molecule is Cc1cc(-c2nn(C(C)C)c(C(=O)CCC3CC3)c2C)ccc1C#N. The Kier molecular flexibility index (Phi) is 4.76. The predicted molar refractivity (Wildman–Crippen MR) is 98.5 cm³/mol. The van der Waals surface area contributed by atoms with Crippen LogP contribution in [0.3, 0.4) is 0 Å². The minimum Gasteiger partial charge on any atom is -0.292 e. The first kappa shape index (κ1) is 17.4. The van der Waals surface area contributed by atoms with Crippen LogP contribution < -0.4 is 0 Å². The van der Waals surface area contributed by atoms with E-state index in [0.717, 1.165) is 40.4 Å². The van der Waals surface area contributed by atoms with Gasteiger partial charge in [-0.05, 0) is 57.7 Å². The second kappa shape index (κ2) is 6.84. The van der Waals surface area contributed by atoms with Crippen LogP contribution in [0.4, 0.5) is 0 Å². The average Bonchev–Trinajstić information content (AvgIpc) is 3.34. The highest BCUT2D eigenvalue weighted by Gasteiger charge is 2.26. The van der Waals surface area contributed by atoms with Gasteiger partial charge in [0.2, 0.25) is 0 Å². The summed E-state index contributed by atoms with van der Waals surface area (Å²) < 4.78 is 1.87. The van der Waals surface area contributed by atoms with Gasteiger partial charge in [0, 0.05) is 23.6 Å². The third kappa shape index (κ3) is 3.51. The number of carbonyl (C=O) groups excluding carboxylic acids is 1. The van der Waals surface area contributed by atoms with E-state index in [9.17, 15) is 4.79 Å². The normalized spacial score (nSPS) is 13.9. The molecule has 0 atom stereocenters. The standard InChI is InChI=1S/C21H25N3O/c1-13(2)24-21(19(25)10-7-16-5-6-16)15(4)20(23-24)17-8-9-18(12-22)14(3)11-17/h8-9,11,13,16H,5-7,10H2,1-4H3. The van der Waals surface area contributed by atoms with E-state index < -0.39 is 0 Å². The zero-order chi connectivity index (χ0) is 18.1. The molecule has 1 aromatic heterocycles. The highest BCUT2D eigenvalue weighted by atomic mass is 16.1. The molecule has 4 nitrogen and oxygen atoms in total. The van der Waals surface area contributed by atoms with Crippen molar-refractivity contribution in [2.75, 3.05) is 0 Å². The molecule has 4 heteroatoms. The summed E-state index contributed by atoms with van der Waals surface area (Å²) in [5, 5.41) is 13.9. The van der Waals surface area contributed by atoms with Crippen LogP contribution in [0, 0.1) is 31.1 Å². The van der Waals surface area contributed by atoms with Crippen molar-refractivity contribution in [3.63, 3.8) is 0 Å². The van der Waals surface area contributed by atoms with Crippen LogP contribution in [0.15, 0.2) is 18.2 Å². The second-order valence-corrected chi connectivity index (χ2v) is 7.41. The second-order valence-electron chi connectivity index (χ2n) is 7.41. The van der Waals surface area contributed by atoms with Crippen LogP contribution in [0.1, 0.15) is 72.8 Å². The van der Waals surface area contributed by atoms with Gasteiger partial charge < -0.3 is 0 Å². The summed E-state index contributed by atoms with van der Waals surface area (Å²) in [5.41, 5.74) is 5.09. The lowest BCUT2D eigenvalue weighted by Crippen LogP contribution is -2.13. The summed E-state index contributed by atoms with van der Waals surface area (Å²) in [5.74, 6) is 0.947. The number of benzene rings is 1. The molecule has 1 aromatic carbocycles. The number of carbonyl (C=O) groups is 1. The van der Waals surface area contributed by atoms with Crippen LogP contribution in [0.5, 0.6) is 0 Å². The van der Waals surface area contributed by atoms with Gasteiger partial charge in [-0.3, -0.25) is 9.48 Å². The average molecular weight is 335 g/mol. The highest BCUT2D eigenvalue weighted by molar-refractivity contribution is 5.97. The number of Topliss-reactive ketones (excluding diaryl/α,β-unsaturated/α-hetero) is 1. The number of aromatic nitrogens is 2. The van der Waals surface area contributed by atoms with Crippen LogP contribution >= 0.6 is 0 Å². The zero-order valence-corrected chi connectivity index (χ0v) is 15.5. The third-order valence-corrected chi connectivity index (χ3v) is 5.00.